The van der Waals surface area contributed by atoms with Gasteiger partial charge in [-0.3, -0.25) is 4.68 Å². The van der Waals surface area contributed by atoms with E-state index < -0.39 is 11.1 Å². The van der Waals surface area contributed by atoms with Crippen molar-refractivity contribution >= 4 is 11.3 Å². The van der Waals surface area contributed by atoms with Gasteiger partial charge >= 0.3 is 0 Å². The smallest absolute Gasteiger partial charge is 0.233 e. The number of hydrogen-bond acceptors (Lipinski definition) is 8. The van der Waals surface area contributed by atoms with Crippen LogP contribution in [0.2, 0.25) is 0 Å². The largest absolute Gasteiger partial charge is 0.474 e. The minimum atomic E-state index is -1.02. The third-order valence-electron chi connectivity index (χ3n) is 5.27. The first-order valence-corrected chi connectivity index (χ1v) is 9.57. The topological polar surface area (TPSA) is 151 Å². The molecule has 0 aromatic carbocycles. The van der Waals surface area contributed by atoms with Crippen LogP contribution in [-0.4, -0.2) is 41.7 Å². The lowest BCUT2D eigenvalue weighted by Crippen LogP contribution is -2.46. The number of ether oxygens (including phenoxy) is 1. The molecule has 0 spiro atoms. The van der Waals surface area contributed by atoms with Gasteiger partial charge in [0.25, 0.3) is 0 Å². The second-order valence-electron chi connectivity index (χ2n) is 8.36. The predicted octanol–water partition coefficient (Wildman–Crippen LogP) is 1.87. The number of nitriles is 2. The van der Waals surface area contributed by atoms with Gasteiger partial charge in [-0.05, 0) is 32.8 Å². The molecule has 4 rings (SSSR count). The minimum absolute atomic E-state index is 0.0573. The summed E-state index contributed by atoms with van der Waals surface area (Å²) in [6, 6.07) is 6.26. The quantitative estimate of drug-likeness (QED) is 0.629. The molecule has 0 unspecified atom stereocenters. The van der Waals surface area contributed by atoms with Crippen LogP contribution in [0.3, 0.4) is 0 Å². The zero-order valence-corrected chi connectivity index (χ0v) is 16.8. The highest BCUT2D eigenvalue weighted by Crippen LogP contribution is 2.47. The molecule has 154 valence electrons. The SMILES string of the molecule is CC(C)(O)COc1cn2nccc2c(-c2cn([C@]3(CC#N)C[C@@H](C#N)C3)nc2N)n1. The van der Waals surface area contributed by atoms with Crippen molar-refractivity contribution in [1.29, 1.82) is 10.5 Å². The molecule has 3 aromatic heterocycles. The van der Waals surface area contributed by atoms with Crippen LogP contribution in [0.25, 0.3) is 16.8 Å². The molecule has 0 bridgehead atoms. The van der Waals surface area contributed by atoms with E-state index in [2.05, 4.69) is 27.3 Å². The van der Waals surface area contributed by atoms with Crippen LogP contribution in [0, 0.1) is 28.6 Å². The van der Waals surface area contributed by atoms with Gasteiger partial charge in [0.15, 0.2) is 5.82 Å². The number of nitrogens with zero attached hydrogens (tertiary/aromatic N) is 7. The third-order valence-corrected chi connectivity index (χ3v) is 5.27. The lowest BCUT2D eigenvalue weighted by molar-refractivity contribution is 0.0267. The Kier molecular flexibility index (Phi) is 4.60. The van der Waals surface area contributed by atoms with E-state index in [9.17, 15) is 10.4 Å². The van der Waals surface area contributed by atoms with Crippen molar-refractivity contribution in [2.24, 2.45) is 5.92 Å². The molecule has 3 N–H and O–H groups in total. The van der Waals surface area contributed by atoms with Gasteiger partial charge in [0.1, 0.15) is 12.3 Å². The van der Waals surface area contributed by atoms with Gasteiger partial charge in [-0.2, -0.15) is 20.7 Å². The maximum absolute atomic E-state index is 9.94. The van der Waals surface area contributed by atoms with Crippen LogP contribution in [0.1, 0.15) is 33.1 Å². The maximum atomic E-state index is 9.94. The number of nitrogen functional groups attached to an aromatic ring is 1. The molecular formula is C20H22N8O2. The summed E-state index contributed by atoms with van der Waals surface area (Å²) in [5, 5.41) is 37.1. The second-order valence-corrected chi connectivity index (χ2v) is 8.36. The Morgan fingerprint density at radius 3 is 2.80 bits per heavy atom. The van der Waals surface area contributed by atoms with E-state index in [1.165, 1.54) is 0 Å². The van der Waals surface area contributed by atoms with E-state index in [0.717, 1.165) is 5.52 Å². The number of rotatable bonds is 6. The Balaban J connectivity index is 1.75. The fraction of sp³-hybridized carbons (Fsp3) is 0.450. The Bertz CT molecular complexity index is 1170. The summed E-state index contributed by atoms with van der Waals surface area (Å²) in [6.45, 7) is 3.34. The Morgan fingerprint density at radius 2 is 2.13 bits per heavy atom. The average Bonchev–Trinajstić information content (AvgIpc) is 3.28. The van der Waals surface area contributed by atoms with Crippen molar-refractivity contribution < 1.29 is 9.84 Å². The summed E-state index contributed by atoms with van der Waals surface area (Å²) in [5.74, 6) is 0.462. The number of nitrogens with two attached hydrogens (primary N) is 1. The summed E-state index contributed by atoms with van der Waals surface area (Å²) in [7, 11) is 0. The van der Waals surface area contributed by atoms with Gasteiger partial charge in [0, 0.05) is 6.20 Å². The van der Waals surface area contributed by atoms with Crippen LogP contribution in [-0.2, 0) is 5.54 Å². The van der Waals surface area contributed by atoms with Crippen molar-refractivity contribution in [3.63, 3.8) is 0 Å². The van der Waals surface area contributed by atoms with Crippen molar-refractivity contribution in [2.75, 3.05) is 12.3 Å². The van der Waals surface area contributed by atoms with Gasteiger partial charge < -0.3 is 15.6 Å². The normalized spacial score (nSPS) is 21.0. The molecule has 0 atom stereocenters. The van der Waals surface area contributed by atoms with Crippen LogP contribution >= 0.6 is 0 Å². The minimum Gasteiger partial charge on any atom is -0.474 e. The van der Waals surface area contributed by atoms with Crippen molar-refractivity contribution in [1.82, 2.24) is 24.4 Å². The number of aliphatic hydroxyl groups is 1. The molecule has 10 heteroatoms. The molecular weight excluding hydrogens is 384 g/mol. The molecule has 0 saturated heterocycles. The van der Waals surface area contributed by atoms with Gasteiger partial charge in [0.05, 0.1) is 59.1 Å². The number of aromatic nitrogens is 5. The van der Waals surface area contributed by atoms with Crippen LogP contribution in [0.5, 0.6) is 5.88 Å². The molecule has 10 nitrogen and oxygen atoms in total. The summed E-state index contributed by atoms with van der Waals surface area (Å²) in [5.41, 5.74) is 6.52. The highest BCUT2D eigenvalue weighted by atomic mass is 16.5. The zero-order valence-electron chi connectivity index (χ0n) is 16.8. The lowest BCUT2D eigenvalue weighted by Gasteiger charge is -2.43. The van der Waals surface area contributed by atoms with E-state index in [0.29, 0.717) is 24.1 Å². The fourth-order valence-electron chi connectivity index (χ4n) is 3.74. The molecule has 30 heavy (non-hydrogen) atoms. The average molecular weight is 406 g/mol. The first-order chi connectivity index (χ1) is 14.2. The van der Waals surface area contributed by atoms with E-state index in [1.807, 2.05) is 0 Å². The second kappa shape index (κ2) is 7.01. The monoisotopic (exact) mass is 406 g/mol. The highest BCUT2D eigenvalue weighted by molar-refractivity contribution is 5.82. The Morgan fingerprint density at radius 1 is 1.37 bits per heavy atom. The van der Waals surface area contributed by atoms with E-state index in [4.69, 9.17) is 15.7 Å². The summed E-state index contributed by atoms with van der Waals surface area (Å²) >= 11 is 0. The van der Waals surface area contributed by atoms with E-state index in [-0.39, 0.29) is 30.6 Å². The van der Waals surface area contributed by atoms with Crippen molar-refractivity contribution in [3.05, 3.63) is 24.7 Å². The standard InChI is InChI=1S/C20H22N8O2/c1-19(2,29)12-30-16-11-27-15(3-6-24-27)17(25-16)14-10-28(26-18(14)23)20(4-5-21)7-13(8-20)9-22/h3,6,10-11,13,29H,4,7-8,12H2,1-2H3,(H2,23,26)/t13-,20-. The zero-order chi connectivity index (χ0) is 21.5. The fourth-order valence-corrected chi connectivity index (χ4v) is 3.74. The Labute approximate surface area is 173 Å². The molecule has 3 heterocycles. The van der Waals surface area contributed by atoms with Gasteiger partial charge in [-0.15, -0.1) is 0 Å². The summed E-state index contributed by atoms with van der Waals surface area (Å²) in [4.78, 5) is 4.58. The molecule has 1 fully saturated rings. The number of fused-ring (bicyclic) bond motifs is 1. The van der Waals surface area contributed by atoms with Crippen LogP contribution in [0.15, 0.2) is 24.7 Å². The van der Waals surface area contributed by atoms with Gasteiger partial charge in [0.2, 0.25) is 5.88 Å². The molecule has 1 aliphatic carbocycles. The van der Waals surface area contributed by atoms with E-state index in [1.54, 1.807) is 47.7 Å². The predicted molar refractivity (Wildman–Crippen MR) is 107 cm³/mol. The number of anilines is 1. The van der Waals surface area contributed by atoms with Gasteiger partial charge in [-0.1, -0.05) is 0 Å². The lowest BCUT2D eigenvalue weighted by atomic mass is 9.67. The first-order valence-electron chi connectivity index (χ1n) is 9.57. The van der Waals surface area contributed by atoms with Crippen LogP contribution < -0.4 is 10.5 Å². The summed E-state index contributed by atoms with van der Waals surface area (Å²) < 4.78 is 8.98. The first kappa shape index (κ1) is 19.7. The summed E-state index contributed by atoms with van der Waals surface area (Å²) in [6.07, 6.45) is 6.41. The number of hydrogen-bond donors (Lipinski definition) is 2. The van der Waals surface area contributed by atoms with Crippen LogP contribution in [0.4, 0.5) is 5.82 Å². The van der Waals surface area contributed by atoms with E-state index >= 15 is 0 Å². The molecule has 3 aromatic rings. The maximum Gasteiger partial charge on any atom is 0.233 e. The molecule has 0 aliphatic heterocycles. The van der Waals surface area contributed by atoms with Crippen molar-refractivity contribution in [3.8, 4) is 29.3 Å². The van der Waals surface area contributed by atoms with Crippen molar-refractivity contribution in [2.45, 2.75) is 44.2 Å². The molecule has 0 radical (unpaired) electrons. The molecule has 1 aliphatic rings. The molecule has 0 amide bonds. The molecule has 1 saturated carbocycles. The Hall–Kier alpha value is -3.63. The van der Waals surface area contributed by atoms with Gasteiger partial charge in [-0.25, -0.2) is 9.50 Å². The highest BCUT2D eigenvalue weighted by Gasteiger charge is 2.47. The third kappa shape index (κ3) is 3.42.